The molecule has 0 aliphatic rings. The molecule has 90 valence electrons. The predicted molar refractivity (Wildman–Crippen MR) is 68.8 cm³/mol. The molecule has 0 aliphatic carbocycles. The van der Waals surface area contributed by atoms with E-state index in [-0.39, 0.29) is 5.56 Å². The Morgan fingerprint density at radius 1 is 1.22 bits per heavy atom. The van der Waals surface area contributed by atoms with Gasteiger partial charge in [-0.25, -0.2) is 0 Å². The highest BCUT2D eigenvalue weighted by molar-refractivity contribution is 5.43. The molecule has 0 saturated carbocycles. The summed E-state index contributed by atoms with van der Waals surface area (Å²) in [6, 6.07) is 9.14. The Hall–Kier alpha value is -2.41. The molecule has 4 nitrogen and oxygen atoms in total. The summed E-state index contributed by atoms with van der Waals surface area (Å²) < 4.78 is 1.35. The predicted octanol–water partition coefficient (Wildman–Crippen LogP) is 2.03. The number of aryl methyl sites for hydroxylation is 3. The molecule has 1 heterocycles. The molecule has 18 heavy (non-hydrogen) atoms. The monoisotopic (exact) mass is 239 g/mol. The number of nitriles is 1. The van der Waals surface area contributed by atoms with Crippen LogP contribution in [0.25, 0.3) is 5.69 Å². The normalized spacial score (nSPS) is 10.1. The highest BCUT2D eigenvalue weighted by atomic mass is 16.1. The molecule has 0 amide bonds. The van der Waals surface area contributed by atoms with Crippen LogP contribution in [0.4, 0.5) is 0 Å². The second-order valence-corrected chi connectivity index (χ2v) is 4.30. The second kappa shape index (κ2) is 4.46. The van der Waals surface area contributed by atoms with Crippen molar-refractivity contribution < 1.29 is 0 Å². The zero-order chi connectivity index (χ0) is 13.3. The van der Waals surface area contributed by atoms with E-state index in [1.165, 1.54) is 10.7 Å². The van der Waals surface area contributed by atoms with E-state index in [4.69, 9.17) is 5.26 Å². The van der Waals surface area contributed by atoms with Crippen LogP contribution >= 0.6 is 0 Å². The fourth-order valence-electron chi connectivity index (χ4n) is 1.78. The Morgan fingerprint density at radius 2 is 1.94 bits per heavy atom. The number of rotatable bonds is 1. The maximum Gasteiger partial charge on any atom is 0.272 e. The Kier molecular flexibility index (Phi) is 2.99. The minimum absolute atomic E-state index is 0.286. The standard InChI is InChI=1S/C14H13N3O/c1-9-4-5-10(2)13(6-9)17-14(18)7-12(8-15)11(3)16-17/h4-7H,1-3H3. The number of benzene rings is 1. The third-order valence-corrected chi connectivity index (χ3v) is 2.83. The second-order valence-electron chi connectivity index (χ2n) is 4.30. The largest absolute Gasteiger partial charge is 0.272 e. The molecule has 0 atom stereocenters. The van der Waals surface area contributed by atoms with Gasteiger partial charge in [-0.2, -0.15) is 15.0 Å². The number of nitrogens with zero attached hydrogens (tertiary/aromatic N) is 3. The third kappa shape index (κ3) is 2.03. The molecule has 0 fully saturated rings. The van der Waals surface area contributed by atoms with Crippen LogP contribution in [0.5, 0.6) is 0 Å². The van der Waals surface area contributed by atoms with E-state index in [1.54, 1.807) is 6.92 Å². The SMILES string of the molecule is Cc1ccc(C)c(-n2nc(C)c(C#N)cc2=O)c1. The molecule has 1 aromatic carbocycles. The Morgan fingerprint density at radius 3 is 2.61 bits per heavy atom. The molecule has 0 N–H and O–H groups in total. The quantitative estimate of drug-likeness (QED) is 0.765. The van der Waals surface area contributed by atoms with Gasteiger partial charge in [0.15, 0.2) is 0 Å². The molecule has 0 radical (unpaired) electrons. The number of hydrogen-bond acceptors (Lipinski definition) is 3. The van der Waals surface area contributed by atoms with Gasteiger partial charge in [-0.15, -0.1) is 0 Å². The minimum Gasteiger partial charge on any atom is -0.267 e. The zero-order valence-electron chi connectivity index (χ0n) is 10.6. The van der Waals surface area contributed by atoms with Crippen LogP contribution in [-0.2, 0) is 0 Å². The Labute approximate surface area is 105 Å². The molecule has 0 spiro atoms. The first kappa shape index (κ1) is 12.1. The van der Waals surface area contributed by atoms with Crippen molar-refractivity contribution in [3.05, 3.63) is 57.0 Å². The molecule has 0 saturated heterocycles. The van der Waals surface area contributed by atoms with Gasteiger partial charge in [0, 0.05) is 6.07 Å². The summed E-state index contributed by atoms with van der Waals surface area (Å²) >= 11 is 0. The van der Waals surface area contributed by atoms with Crippen molar-refractivity contribution in [2.75, 3.05) is 0 Å². The summed E-state index contributed by atoms with van der Waals surface area (Å²) in [6.07, 6.45) is 0. The third-order valence-electron chi connectivity index (χ3n) is 2.83. The summed E-state index contributed by atoms with van der Waals surface area (Å²) in [4.78, 5) is 12.0. The van der Waals surface area contributed by atoms with Crippen molar-refractivity contribution in [2.45, 2.75) is 20.8 Å². The van der Waals surface area contributed by atoms with E-state index in [1.807, 2.05) is 38.1 Å². The molecule has 4 heteroatoms. The van der Waals surface area contributed by atoms with E-state index in [0.717, 1.165) is 16.8 Å². The summed E-state index contributed by atoms with van der Waals surface area (Å²) in [5, 5.41) is 13.1. The van der Waals surface area contributed by atoms with Gasteiger partial charge in [0.2, 0.25) is 0 Å². The maximum absolute atomic E-state index is 12.0. The maximum atomic E-state index is 12.0. The lowest BCUT2D eigenvalue weighted by Gasteiger charge is -2.10. The van der Waals surface area contributed by atoms with Gasteiger partial charge in [0.05, 0.1) is 16.9 Å². The lowest BCUT2D eigenvalue weighted by Crippen LogP contribution is -2.22. The van der Waals surface area contributed by atoms with Crippen molar-refractivity contribution in [3.63, 3.8) is 0 Å². The molecule has 0 bridgehead atoms. The smallest absolute Gasteiger partial charge is 0.267 e. The molecule has 0 unspecified atom stereocenters. The first-order valence-electron chi connectivity index (χ1n) is 5.61. The first-order chi connectivity index (χ1) is 8.52. The van der Waals surface area contributed by atoms with Crippen LogP contribution in [0.2, 0.25) is 0 Å². The molecule has 0 aliphatic heterocycles. The van der Waals surface area contributed by atoms with Crippen LogP contribution < -0.4 is 5.56 Å². The van der Waals surface area contributed by atoms with E-state index >= 15 is 0 Å². The molecular formula is C14H13N3O. The number of aromatic nitrogens is 2. The highest BCUT2D eigenvalue weighted by Gasteiger charge is 2.08. The number of hydrogen-bond donors (Lipinski definition) is 0. The van der Waals surface area contributed by atoms with Gasteiger partial charge >= 0.3 is 0 Å². The Bertz CT molecular complexity index is 708. The molecular weight excluding hydrogens is 226 g/mol. The van der Waals surface area contributed by atoms with E-state index in [0.29, 0.717) is 11.3 Å². The van der Waals surface area contributed by atoms with Gasteiger partial charge in [-0.3, -0.25) is 4.79 Å². The van der Waals surface area contributed by atoms with Crippen LogP contribution in [0.1, 0.15) is 22.4 Å². The van der Waals surface area contributed by atoms with Crippen LogP contribution in [0.15, 0.2) is 29.1 Å². The average Bonchev–Trinajstić information content (AvgIpc) is 2.35. The summed E-state index contributed by atoms with van der Waals surface area (Å²) in [7, 11) is 0. The average molecular weight is 239 g/mol. The summed E-state index contributed by atoms with van der Waals surface area (Å²) in [6.45, 7) is 5.61. The van der Waals surface area contributed by atoms with Crippen LogP contribution in [-0.4, -0.2) is 9.78 Å². The lowest BCUT2D eigenvalue weighted by atomic mass is 10.1. The van der Waals surface area contributed by atoms with E-state index < -0.39 is 0 Å². The van der Waals surface area contributed by atoms with Gasteiger partial charge in [-0.05, 0) is 38.0 Å². The van der Waals surface area contributed by atoms with E-state index in [9.17, 15) is 4.79 Å². The van der Waals surface area contributed by atoms with Crippen molar-refractivity contribution in [1.29, 1.82) is 5.26 Å². The van der Waals surface area contributed by atoms with Crippen LogP contribution in [0.3, 0.4) is 0 Å². The van der Waals surface area contributed by atoms with Crippen molar-refractivity contribution in [3.8, 4) is 11.8 Å². The highest BCUT2D eigenvalue weighted by Crippen LogP contribution is 2.13. The molecule has 1 aromatic heterocycles. The van der Waals surface area contributed by atoms with Gasteiger partial charge in [0.25, 0.3) is 5.56 Å². The Balaban J connectivity index is 2.73. The lowest BCUT2D eigenvalue weighted by molar-refractivity contribution is 0.776. The molecule has 2 rings (SSSR count). The fraction of sp³-hybridized carbons (Fsp3) is 0.214. The van der Waals surface area contributed by atoms with Crippen molar-refractivity contribution in [1.82, 2.24) is 9.78 Å². The van der Waals surface area contributed by atoms with Crippen LogP contribution in [0, 0.1) is 32.1 Å². The van der Waals surface area contributed by atoms with E-state index in [2.05, 4.69) is 5.10 Å². The zero-order valence-corrected chi connectivity index (χ0v) is 10.6. The van der Waals surface area contributed by atoms with Crippen molar-refractivity contribution in [2.24, 2.45) is 0 Å². The fourth-order valence-corrected chi connectivity index (χ4v) is 1.78. The summed E-state index contributed by atoms with van der Waals surface area (Å²) in [5.74, 6) is 0. The van der Waals surface area contributed by atoms with Gasteiger partial charge < -0.3 is 0 Å². The summed E-state index contributed by atoms with van der Waals surface area (Å²) in [5.41, 5.74) is 3.38. The first-order valence-corrected chi connectivity index (χ1v) is 5.61. The van der Waals surface area contributed by atoms with Gasteiger partial charge in [-0.1, -0.05) is 12.1 Å². The molecule has 2 aromatic rings. The minimum atomic E-state index is -0.286. The van der Waals surface area contributed by atoms with Gasteiger partial charge in [0.1, 0.15) is 6.07 Å². The topological polar surface area (TPSA) is 58.7 Å². The van der Waals surface area contributed by atoms with Crippen molar-refractivity contribution >= 4 is 0 Å².